The first-order chi connectivity index (χ1) is 18.3. The molecular weight excluding hydrogens is 612 g/mol. The van der Waals surface area contributed by atoms with Crippen LogP contribution in [-0.4, -0.2) is 23.4 Å². The summed E-state index contributed by atoms with van der Waals surface area (Å²) in [6.45, 7) is 0. The van der Waals surface area contributed by atoms with Crippen LogP contribution in [0, 0.1) is 0 Å². The molecule has 2 aliphatic heterocycles. The fourth-order valence-corrected chi connectivity index (χ4v) is 5.43. The number of fused-ring (bicyclic) bond motifs is 2. The van der Waals surface area contributed by atoms with E-state index in [0.29, 0.717) is 55.9 Å². The molecule has 0 fully saturated rings. The quantitative estimate of drug-likeness (QED) is 0.252. The van der Waals surface area contributed by atoms with Gasteiger partial charge in [0.25, 0.3) is 0 Å². The van der Waals surface area contributed by atoms with Crippen LogP contribution in [0.5, 0.6) is 0 Å². The molecule has 4 aromatic carbocycles. The summed E-state index contributed by atoms with van der Waals surface area (Å²) in [5.74, 6) is -0.808. The second-order valence-electron chi connectivity index (χ2n) is 9.24. The fraction of sp³-hybridized carbons (Fsp3) is 0.0667. The van der Waals surface area contributed by atoms with Crippen molar-refractivity contribution in [3.63, 3.8) is 0 Å². The van der Waals surface area contributed by atoms with Crippen molar-refractivity contribution in [1.82, 2.24) is 0 Å². The summed E-state index contributed by atoms with van der Waals surface area (Å²) in [5, 5.41) is 5.66. The third-order valence-electron chi connectivity index (χ3n) is 6.71. The van der Waals surface area contributed by atoms with Crippen molar-refractivity contribution in [2.75, 3.05) is 10.6 Å². The Labute approximate surface area is 234 Å². The van der Waals surface area contributed by atoms with E-state index in [1.54, 1.807) is 60.7 Å². The Hall–Kier alpha value is -3.88. The van der Waals surface area contributed by atoms with Crippen LogP contribution in [0.25, 0.3) is 11.1 Å². The molecule has 0 aromatic heterocycles. The average Bonchev–Trinajstić information content (AvgIpc) is 3.48. The van der Waals surface area contributed by atoms with E-state index in [1.165, 1.54) is 0 Å². The van der Waals surface area contributed by atoms with Gasteiger partial charge in [0.15, 0.2) is 11.6 Å². The minimum Gasteiger partial charge on any atom is -0.325 e. The van der Waals surface area contributed by atoms with Gasteiger partial charge in [-0.05, 0) is 95.1 Å². The molecule has 2 N–H and O–H groups in total. The lowest BCUT2D eigenvalue weighted by atomic mass is 9.90. The monoisotopic (exact) mass is 628 g/mol. The SMILES string of the molecule is O=C1Cc2cc(-c3cc4c(c(C(=O)c5ccc(Br)cc5)c3)NC(=O)C4)cc(C(=O)c3ccc(Br)cc3)c2N1. The van der Waals surface area contributed by atoms with Gasteiger partial charge in [-0.2, -0.15) is 0 Å². The Morgan fingerprint density at radius 2 is 0.947 bits per heavy atom. The third-order valence-corrected chi connectivity index (χ3v) is 7.76. The standard InChI is InChI=1S/C30H18Br2N2O4/c31-21-5-1-15(2-6-21)29(37)23-11-17(9-19-13-25(35)33-27(19)23)18-10-20-14-26(36)34-28(20)24(12-18)30(38)16-3-7-22(32)8-4-16/h1-12H,13-14H2,(H,33,35)(H,34,36). The van der Waals surface area contributed by atoms with E-state index in [0.717, 1.165) is 8.95 Å². The molecule has 2 amide bonds. The predicted octanol–water partition coefficient (Wildman–Crippen LogP) is 6.33. The van der Waals surface area contributed by atoms with E-state index in [2.05, 4.69) is 42.5 Å². The molecule has 2 heterocycles. The number of nitrogens with one attached hydrogen (secondary N) is 2. The molecule has 186 valence electrons. The van der Waals surface area contributed by atoms with E-state index in [4.69, 9.17) is 0 Å². The van der Waals surface area contributed by atoms with Gasteiger partial charge in [0.05, 0.1) is 24.2 Å². The van der Waals surface area contributed by atoms with Crippen molar-refractivity contribution >= 4 is 66.6 Å². The number of anilines is 2. The molecular formula is C30H18Br2N2O4. The summed E-state index contributed by atoms with van der Waals surface area (Å²) in [6.07, 6.45) is 0.304. The summed E-state index contributed by atoms with van der Waals surface area (Å²) >= 11 is 6.78. The molecule has 0 spiro atoms. The van der Waals surface area contributed by atoms with Crippen molar-refractivity contribution in [2.24, 2.45) is 0 Å². The lowest BCUT2D eigenvalue weighted by molar-refractivity contribution is -0.115. The van der Waals surface area contributed by atoms with Gasteiger partial charge in [-0.1, -0.05) is 31.9 Å². The van der Waals surface area contributed by atoms with Crippen molar-refractivity contribution in [1.29, 1.82) is 0 Å². The molecule has 8 heteroatoms. The number of ketones is 2. The fourth-order valence-electron chi connectivity index (χ4n) is 4.90. The second kappa shape index (κ2) is 9.45. The van der Waals surface area contributed by atoms with E-state index in [1.807, 2.05) is 12.1 Å². The smallest absolute Gasteiger partial charge is 0.228 e. The molecule has 0 saturated carbocycles. The highest BCUT2D eigenvalue weighted by Crippen LogP contribution is 2.38. The second-order valence-corrected chi connectivity index (χ2v) is 11.1. The molecule has 0 atom stereocenters. The van der Waals surface area contributed by atoms with Gasteiger partial charge in [-0.3, -0.25) is 19.2 Å². The third kappa shape index (κ3) is 4.40. The highest BCUT2D eigenvalue weighted by Gasteiger charge is 2.29. The number of amides is 2. The van der Waals surface area contributed by atoms with Gasteiger partial charge in [-0.25, -0.2) is 0 Å². The zero-order valence-corrected chi connectivity index (χ0v) is 22.9. The number of carbonyl (C=O) groups excluding carboxylic acids is 4. The Morgan fingerprint density at radius 1 is 0.579 bits per heavy atom. The first-order valence-electron chi connectivity index (χ1n) is 11.8. The highest BCUT2D eigenvalue weighted by atomic mass is 79.9. The number of halogens is 2. The van der Waals surface area contributed by atoms with Crippen molar-refractivity contribution in [3.8, 4) is 11.1 Å². The van der Waals surface area contributed by atoms with E-state index in [-0.39, 0.29) is 36.2 Å². The van der Waals surface area contributed by atoms with Crippen LogP contribution in [0.15, 0.2) is 81.7 Å². The lowest BCUT2D eigenvalue weighted by Gasteiger charge is -2.14. The van der Waals surface area contributed by atoms with Gasteiger partial charge in [0, 0.05) is 31.2 Å². The number of hydrogen-bond acceptors (Lipinski definition) is 4. The van der Waals surface area contributed by atoms with Crippen molar-refractivity contribution < 1.29 is 19.2 Å². The normalized spacial score (nSPS) is 13.5. The maximum absolute atomic E-state index is 13.5. The summed E-state index contributed by atoms with van der Waals surface area (Å²) in [5.41, 5.74) is 5.55. The maximum Gasteiger partial charge on any atom is 0.228 e. The Bertz CT molecular complexity index is 1570. The van der Waals surface area contributed by atoms with Gasteiger partial charge in [-0.15, -0.1) is 0 Å². The van der Waals surface area contributed by atoms with E-state index in [9.17, 15) is 19.2 Å². The number of benzene rings is 4. The lowest BCUT2D eigenvalue weighted by Crippen LogP contribution is -2.09. The molecule has 6 nitrogen and oxygen atoms in total. The Kier molecular flexibility index (Phi) is 6.08. The average molecular weight is 630 g/mol. The van der Waals surface area contributed by atoms with Crippen LogP contribution in [0.4, 0.5) is 11.4 Å². The van der Waals surface area contributed by atoms with Crippen LogP contribution in [0.3, 0.4) is 0 Å². The first kappa shape index (κ1) is 24.5. The van der Waals surface area contributed by atoms with Crippen LogP contribution in [0.1, 0.15) is 43.0 Å². The van der Waals surface area contributed by atoms with Crippen LogP contribution in [0.2, 0.25) is 0 Å². The molecule has 0 radical (unpaired) electrons. The molecule has 2 aliphatic rings. The molecule has 0 aliphatic carbocycles. The largest absolute Gasteiger partial charge is 0.325 e. The van der Waals surface area contributed by atoms with Crippen molar-refractivity contribution in [3.05, 3.63) is 115 Å². The van der Waals surface area contributed by atoms with Gasteiger partial charge < -0.3 is 10.6 Å². The number of rotatable bonds is 5. The molecule has 0 bridgehead atoms. The first-order valence-corrected chi connectivity index (χ1v) is 13.4. The van der Waals surface area contributed by atoms with E-state index >= 15 is 0 Å². The zero-order chi connectivity index (χ0) is 26.6. The summed E-state index contributed by atoms with van der Waals surface area (Å²) < 4.78 is 1.70. The predicted molar refractivity (Wildman–Crippen MR) is 152 cm³/mol. The summed E-state index contributed by atoms with van der Waals surface area (Å²) in [6, 6.07) is 21.3. The molecule has 0 saturated heterocycles. The van der Waals surface area contributed by atoms with Gasteiger partial charge >= 0.3 is 0 Å². The summed E-state index contributed by atoms with van der Waals surface area (Å²) in [4.78, 5) is 51.7. The van der Waals surface area contributed by atoms with Crippen molar-refractivity contribution in [2.45, 2.75) is 12.8 Å². The molecule has 38 heavy (non-hydrogen) atoms. The minimum absolute atomic E-state index is 0.152. The molecule has 0 unspecified atom stereocenters. The molecule has 6 rings (SSSR count). The van der Waals surface area contributed by atoms with Crippen LogP contribution >= 0.6 is 31.9 Å². The number of carbonyl (C=O) groups is 4. The zero-order valence-electron chi connectivity index (χ0n) is 19.7. The van der Waals surface area contributed by atoms with Gasteiger partial charge in [0.2, 0.25) is 11.8 Å². The highest BCUT2D eigenvalue weighted by molar-refractivity contribution is 9.10. The van der Waals surface area contributed by atoms with E-state index < -0.39 is 0 Å². The minimum atomic E-state index is -0.220. The van der Waals surface area contributed by atoms with Crippen LogP contribution in [-0.2, 0) is 22.4 Å². The summed E-state index contributed by atoms with van der Waals surface area (Å²) in [7, 11) is 0. The Morgan fingerprint density at radius 3 is 1.32 bits per heavy atom. The Balaban J connectivity index is 1.50. The van der Waals surface area contributed by atoms with Gasteiger partial charge in [0.1, 0.15) is 0 Å². The van der Waals surface area contributed by atoms with Crippen LogP contribution < -0.4 is 10.6 Å². The topological polar surface area (TPSA) is 92.3 Å². The maximum atomic E-state index is 13.5. The molecule has 4 aromatic rings. The number of hydrogen-bond donors (Lipinski definition) is 2.